The van der Waals surface area contributed by atoms with Crippen LogP contribution in [-0.4, -0.2) is 91.6 Å². The van der Waals surface area contributed by atoms with Gasteiger partial charge < -0.3 is 9.97 Å². The van der Waals surface area contributed by atoms with E-state index < -0.39 is 39.3 Å². The van der Waals surface area contributed by atoms with Crippen molar-refractivity contribution < 1.29 is 38.2 Å². The summed E-state index contributed by atoms with van der Waals surface area (Å²) in [6.07, 6.45) is 13.5. The van der Waals surface area contributed by atoms with E-state index in [-0.39, 0.29) is 94.9 Å². The second kappa shape index (κ2) is 26.6. The van der Waals surface area contributed by atoms with Gasteiger partial charge in [0.05, 0.1) is 60.8 Å². The quantitative estimate of drug-likeness (QED) is 0.0435. The molecule has 456 valence electrons. The molecular weight excluding hydrogens is 1150 g/mol. The smallest absolute Gasteiger partial charge is 0.273 e. The monoisotopic (exact) mass is 1230 g/mol. The zero-order chi connectivity index (χ0) is 61.0. The Hall–Kier alpha value is -5.96. The minimum atomic E-state index is -3.82. The van der Waals surface area contributed by atoms with Crippen LogP contribution < -0.4 is 4.57 Å². The predicted octanol–water partition coefficient (Wildman–Crippen LogP) is 14.3. The highest BCUT2D eigenvalue weighted by molar-refractivity contribution is 7.92. The first-order valence-corrected chi connectivity index (χ1v) is 37.6. The zero-order valence-corrected chi connectivity index (χ0v) is 54.2. The van der Waals surface area contributed by atoms with Gasteiger partial charge in [-0.05, 0) is 122 Å². The van der Waals surface area contributed by atoms with Gasteiger partial charge >= 0.3 is 0 Å². The fourth-order valence-electron chi connectivity index (χ4n) is 12.0. The third kappa shape index (κ3) is 13.6. The molecule has 85 heavy (non-hydrogen) atoms. The normalized spacial score (nSPS) is 14.4. The van der Waals surface area contributed by atoms with Crippen molar-refractivity contribution in [3.8, 4) is 45.6 Å². The highest BCUT2D eigenvalue weighted by Gasteiger charge is 2.34. The standard InChI is InChI=1S/C65H84N8O8S4/c1-10-18-22-42(14-5)38-82(74,75)46-26-30-50-54(34-46)61-66-58(50)67-62-55-35-47(83(76,77)39-43(15-6)23-19-11-2)28-32-52(55)60(70-62)71-65-57-37-49(85(80,81)41-45(17-8)25-21-13-4)29-33-53(57)64(73(65)9)72-63-56-36-48(27-31-51(56)59(68-61)69-63)84(78,79)40-44(16-7)24-20-12-3/h26-37,42-45H,10-25,38-41H2,1-9H3,(H,66,67,68,69,70,71,72)/p+1. The van der Waals surface area contributed by atoms with Gasteiger partial charge in [-0.1, -0.05) is 142 Å². The first kappa shape index (κ1) is 63.5. The van der Waals surface area contributed by atoms with E-state index in [1.807, 2.05) is 27.7 Å². The summed E-state index contributed by atoms with van der Waals surface area (Å²) in [6.45, 7) is 16.4. The number of nitrogens with zero attached hydrogens (tertiary/aromatic N) is 6. The van der Waals surface area contributed by atoms with E-state index in [0.717, 1.165) is 77.0 Å². The molecule has 5 heterocycles. The van der Waals surface area contributed by atoms with Gasteiger partial charge in [0.1, 0.15) is 11.3 Å². The lowest BCUT2D eigenvalue weighted by molar-refractivity contribution is -0.650. The van der Waals surface area contributed by atoms with E-state index in [0.29, 0.717) is 86.8 Å². The summed E-state index contributed by atoms with van der Waals surface area (Å²) >= 11 is 0. The number of nitrogens with one attached hydrogen (secondary N) is 2. The second-order valence-electron chi connectivity index (χ2n) is 23.7. The van der Waals surface area contributed by atoms with Gasteiger partial charge in [0, 0.05) is 32.7 Å². The molecule has 2 N–H and O–H groups in total. The Kier molecular flexibility index (Phi) is 19.9. The Balaban J connectivity index is 1.37. The third-order valence-corrected chi connectivity index (χ3v) is 25.1. The average Bonchev–Trinajstić information content (AvgIpc) is 1.81. The molecular formula is C65H85N8O8S4+. The topological polar surface area (TPSA) is 236 Å². The summed E-state index contributed by atoms with van der Waals surface area (Å²) < 4.78 is 117. The number of sulfone groups is 4. The number of fused-ring (bicyclic) bond motifs is 20. The molecule has 9 rings (SSSR count). The molecule has 0 amide bonds. The molecule has 0 spiro atoms. The van der Waals surface area contributed by atoms with Crippen LogP contribution in [0, 0.1) is 23.7 Å². The molecule has 3 aromatic heterocycles. The van der Waals surface area contributed by atoms with Crippen molar-refractivity contribution >= 4 is 83.5 Å². The molecule has 4 unspecified atom stereocenters. The van der Waals surface area contributed by atoms with Crippen LogP contribution in [0.3, 0.4) is 0 Å². The van der Waals surface area contributed by atoms with Gasteiger partial charge in [0.25, 0.3) is 11.6 Å². The highest BCUT2D eigenvalue weighted by Crippen LogP contribution is 2.40. The summed E-state index contributed by atoms with van der Waals surface area (Å²) in [6, 6.07) is 19.7. The van der Waals surface area contributed by atoms with Gasteiger partial charge in [-0.3, -0.25) is 0 Å². The maximum atomic E-state index is 14.5. The van der Waals surface area contributed by atoms with E-state index in [2.05, 4.69) is 37.7 Å². The lowest BCUT2D eigenvalue weighted by Crippen LogP contribution is -2.30. The van der Waals surface area contributed by atoms with E-state index in [1.54, 1.807) is 84.4 Å². The van der Waals surface area contributed by atoms with E-state index in [4.69, 9.17) is 24.9 Å². The number of rotatable bonds is 28. The third-order valence-electron chi connectivity index (χ3n) is 17.6. The van der Waals surface area contributed by atoms with Gasteiger partial charge in [-0.2, -0.15) is 0 Å². The van der Waals surface area contributed by atoms with Crippen LogP contribution in [0.25, 0.3) is 89.7 Å². The van der Waals surface area contributed by atoms with Gasteiger partial charge in [-0.25, -0.2) is 53.2 Å². The fourth-order valence-corrected chi connectivity index (χ4v) is 19.2. The summed E-state index contributed by atoms with van der Waals surface area (Å²) in [4.78, 5) is 33.4. The van der Waals surface area contributed by atoms with Gasteiger partial charge in [0.2, 0.25) is 11.3 Å². The van der Waals surface area contributed by atoms with Crippen LogP contribution in [0.5, 0.6) is 0 Å². The molecule has 2 aliphatic rings. The van der Waals surface area contributed by atoms with Crippen molar-refractivity contribution in [2.75, 3.05) is 23.0 Å². The lowest BCUT2D eigenvalue weighted by atomic mass is 10.0. The highest BCUT2D eigenvalue weighted by atomic mass is 32.2. The van der Waals surface area contributed by atoms with E-state index in [1.165, 1.54) is 0 Å². The molecule has 7 aromatic rings. The van der Waals surface area contributed by atoms with Crippen molar-refractivity contribution in [2.45, 2.75) is 178 Å². The maximum absolute atomic E-state index is 14.5. The minimum absolute atomic E-state index is 0.0222. The molecule has 20 heteroatoms. The Bertz CT molecular complexity index is 4270. The molecule has 0 radical (unpaired) electrons. The first-order chi connectivity index (χ1) is 40.6. The number of H-pyrrole nitrogens is 2. The number of aromatic amines is 2. The molecule has 0 fully saturated rings. The van der Waals surface area contributed by atoms with Crippen molar-refractivity contribution in [2.24, 2.45) is 30.7 Å². The van der Waals surface area contributed by atoms with Crippen LogP contribution in [0.4, 0.5) is 0 Å². The van der Waals surface area contributed by atoms with E-state index >= 15 is 0 Å². The van der Waals surface area contributed by atoms with Gasteiger partial charge in [0.15, 0.2) is 51.0 Å². The van der Waals surface area contributed by atoms with Crippen LogP contribution in [0.1, 0.15) is 158 Å². The van der Waals surface area contributed by atoms with E-state index in [9.17, 15) is 33.7 Å². The van der Waals surface area contributed by atoms with Crippen molar-refractivity contribution in [1.82, 2.24) is 34.9 Å². The first-order valence-electron chi connectivity index (χ1n) is 30.9. The lowest BCUT2D eigenvalue weighted by Gasteiger charge is -2.15. The Morgan fingerprint density at radius 2 is 0.682 bits per heavy atom. The minimum Gasteiger partial charge on any atom is -0.310 e. The van der Waals surface area contributed by atoms with Gasteiger partial charge in [-0.15, -0.1) is 0 Å². The average molecular weight is 1230 g/mol. The molecule has 16 nitrogen and oxygen atoms in total. The zero-order valence-electron chi connectivity index (χ0n) is 51.0. The Labute approximate surface area is 503 Å². The molecule has 0 saturated carbocycles. The molecule has 8 bridgehead atoms. The number of benzene rings is 4. The number of hydrogen-bond donors (Lipinski definition) is 2. The fraction of sp³-hybridized carbons (Fsp3) is 0.508. The summed E-state index contributed by atoms with van der Waals surface area (Å²) in [7, 11) is -13.5. The van der Waals surface area contributed by atoms with Crippen LogP contribution in [-0.2, 0) is 46.4 Å². The van der Waals surface area contributed by atoms with Crippen LogP contribution in [0.2, 0.25) is 0 Å². The largest absolute Gasteiger partial charge is 0.310 e. The Morgan fingerprint density at radius 3 is 1.08 bits per heavy atom. The summed E-state index contributed by atoms with van der Waals surface area (Å²) in [5.41, 5.74) is 2.94. The predicted molar refractivity (Wildman–Crippen MR) is 341 cm³/mol. The number of unbranched alkanes of at least 4 members (excludes halogenated alkanes) is 4. The molecule has 0 aliphatic carbocycles. The molecule has 4 aromatic carbocycles. The molecule has 4 atom stereocenters. The second-order valence-corrected chi connectivity index (χ2v) is 31.8. The SMILES string of the molecule is CCCCC(CC)CS(=O)(=O)c1ccc2c(c1)-c1nc-2nc2[nH]c(nc3[n+](C)c(nc4[nH]c(n1)c1ccc(S(=O)(=O)CC(CC)CCCC)cc41)-c1ccc(S(=O)(=O)CC(CC)CCCC)cc1-3)c1ccc(S(=O)(=O)CC(CC)CCCC)cc21. The summed E-state index contributed by atoms with van der Waals surface area (Å²) in [5.74, 6) is 0.743. The van der Waals surface area contributed by atoms with Crippen LogP contribution in [0.15, 0.2) is 92.4 Å². The van der Waals surface area contributed by atoms with Crippen molar-refractivity contribution in [3.05, 3.63) is 72.8 Å². The van der Waals surface area contributed by atoms with Crippen molar-refractivity contribution in [3.63, 3.8) is 0 Å². The summed E-state index contributed by atoms with van der Waals surface area (Å²) in [5, 5.41) is 1.91. The Morgan fingerprint density at radius 1 is 0.365 bits per heavy atom. The molecule has 2 aliphatic heterocycles. The van der Waals surface area contributed by atoms with Crippen molar-refractivity contribution in [1.29, 1.82) is 0 Å². The number of hydrogen-bond acceptors (Lipinski definition) is 13. The van der Waals surface area contributed by atoms with Crippen LogP contribution >= 0.6 is 0 Å². The maximum Gasteiger partial charge on any atom is 0.273 e. The molecule has 0 saturated heterocycles. The number of aromatic nitrogens is 8.